The first-order chi connectivity index (χ1) is 11.2. The van der Waals surface area contributed by atoms with Crippen molar-refractivity contribution < 1.29 is 4.79 Å². The van der Waals surface area contributed by atoms with Gasteiger partial charge < -0.3 is 4.90 Å². The Balaban J connectivity index is 1.52. The first-order valence-electron chi connectivity index (χ1n) is 8.21. The van der Waals surface area contributed by atoms with Gasteiger partial charge in [0.25, 0.3) is 0 Å². The molecule has 0 aliphatic carbocycles. The quantitative estimate of drug-likeness (QED) is 0.896. The van der Waals surface area contributed by atoms with Crippen molar-refractivity contribution in [3.8, 4) is 0 Å². The molecule has 4 rings (SSSR count). The summed E-state index contributed by atoms with van der Waals surface area (Å²) in [7, 11) is 0. The molecule has 0 saturated carbocycles. The first-order valence-corrected chi connectivity index (χ1v) is 8.21. The molecule has 0 aromatic heterocycles. The maximum Gasteiger partial charge on any atom is 0.245 e. The lowest BCUT2D eigenvalue weighted by atomic mass is 10.0. The summed E-state index contributed by atoms with van der Waals surface area (Å²) in [6.45, 7) is 2.12. The van der Waals surface area contributed by atoms with Crippen LogP contribution in [0.25, 0.3) is 0 Å². The minimum absolute atomic E-state index is 0.161. The number of fused-ring (bicyclic) bond motifs is 1. The fourth-order valence-corrected chi connectivity index (χ4v) is 3.69. The highest BCUT2D eigenvalue weighted by molar-refractivity contribution is 5.99. The average Bonchev–Trinajstić information content (AvgIpc) is 3.19. The monoisotopic (exact) mass is 307 g/mol. The summed E-state index contributed by atoms with van der Waals surface area (Å²) < 4.78 is 0. The number of carbonyl (C=O) groups is 1. The summed E-state index contributed by atoms with van der Waals surface area (Å²) in [6.07, 6.45) is 1.71. The van der Waals surface area contributed by atoms with Crippen LogP contribution in [0.4, 0.5) is 5.69 Å². The SMILES string of the molecule is CC1Cc2ccccc2N1C(=O)C1CC(c2ccccc2)NN1. The van der Waals surface area contributed by atoms with Crippen LogP contribution in [0.2, 0.25) is 0 Å². The van der Waals surface area contributed by atoms with Crippen molar-refractivity contribution in [1.29, 1.82) is 0 Å². The highest BCUT2D eigenvalue weighted by Gasteiger charge is 2.38. The van der Waals surface area contributed by atoms with Gasteiger partial charge in [-0.3, -0.25) is 4.79 Å². The van der Waals surface area contributed by atoms with E-state index in [4.69, 9.17) is 0 Å². The van der Waals surface area contributed by atoms with Crippen LogP contribution in [0.3, 0.4) is 0 Å². The van der Waals surface area contributed by atoms with Gasteiger partial charge in [0.05, 0.1) is 0 Å². The van der Waals surface area contributed by atoms with E-state index in [1.165, 1.54) is 11.1 Å². The van der Waals surface area contributed by atoms with Crippen molar-refractivity contribution in [2.75, 3.05) is 4.90 Å². The third-order valence-electron chi connectivity index (χ3n) is 4.85. The van der Waals surface area contributed by atoms with Gasteiger partial charge in [-0.1, -0.05) is 48.5 Å². The molecule has 2 heterocycles. The largest absolute Gasteiger partial charge is 0.308 e. The van der Waals surface area contributed by atoms with E-state index in [0.717, 1.165) is 18.5 Å². The Morgan fingerprint density at radius 1 is 1.04 bits per heavy atom. The lowest BCUT2D eigenvalue weighted by molar-refractivity contribution is -0.120. The average molecular weight is 307 g/mol. The Labute approximate surface area is 136 Å². The van der Waals surface area contributed by atoms with Crippen LogP contribution >= 0.6 is 0 Å². The summed E-state index contributed by atoms with van der Waals surface area (Å²) >= 11 is 0. The molecule has 1 saturated heterocycles. The van der Waals surface area contributed by atoms with Crippen molar-refractivity contribution in [2.24, 2.45) is 0 Å². The fourth-order valence-electron chi connectivity index (χ4n) is 3.69. The third-order valence-corrected chi connectivity index (χ3v) is 4.85. The summed E-state index contributed by atoms with van der Waals surface area (Å²) in [5.74, 6) is 0.161. The highest BCUT2D eigenvalue weighted by Crippen LogP contribution is 2.33. The number of nitrogens with one attached hydrogen (secondary N) is 2. The summed E-state index contributed by atoms with van der Waals surface area (Å²) in [5.41, 5.74) is 10.0. The minimum Gasteiger partial charge on any atom is -0.308 e. The van der Waals surface area contributed by atoms with Gasteiger partial charge in [0.15, 0.2) is 0 Å². The standard InChI is InChI=1S/C19H21N3O/c1-13-11-15-9-5-6-10-18(15)22(13)19(23)17-12-16(20-21-17)14-7-3-2-4-8-14/h2-10,13,16-17,20-21H,11-12H2,1H3. The third kappa shape index (κ3) is 2.54. The molecular weight excluding hydrogens is 286 g/mol. The fraction of sp³-hybridized carbons (Fsp3) is 0.316. The number of nitrogens with zero attached hydrogens (tertiary/aromatic N) is 1. The van der Waals surface area contributed by atoms with E-state index in [9.17, 15) is 4.79 Å². The molecular formula is C19H21N3O. The lowest BCUT2D eigenvalue weighted by Gasteiger charge is -2.25. The molecule has 0 bridgehead atoms. The first kappa shape index (κ1) is 14.4. The summed E-state index contributed by atoms with van der Waals surface area (Å²) in [6, 6.07) is 18.7. The molecule has 118 valence electrons. The number of anilines is 1. The number of carbonyl (C=O) groups excluding carboxylic acids is 1. The van der Waals surface area contributed by atoms with E-state index in [2.05, 4.69) is 36.0 Å². The zero-order valence-corrected chi connectivity index (χ0v) is 13.2. The van der Waals surface area contributed by atoms with Gasteiger partial charge in [0.1, 0.15) is 6.04 Å². The predicted octanol–water partition coefficient (Wildman–Crippen LogP) is 2.57. The molecule has 1 fully saturated rings. The molecule has 2 aliphatic rings. The van der Waals surface area contributed by atoms with Gasteiger partial charge in [0, 0.05) is 17.8 Å². The smallest absolute Gasteiger partial charge is 0.245 e. The van der Waals surface area contributed by atoms with Gasteiger partial charge >= 0.3 is 0 Å². The number of amides is 1. The second kappa shape index (κ2) is 5.80. The summed E-state index contributed by atoms with van der Waals surface area (Å²) in [4.78, 5) is 15.0. The zero-order chi connectivity index (χ0) is 15.8. The van der Waals surface area contributed by atoms with E-state index >= 15 is 0 Å². The van der Waals surface area contributed by atoms with Crippen LogP contribution in [0, 0.1) is 0 Å². The second-order valence-electron chi connectivity index (χ2n) is 6.43. The molecule has 2 aromatic rings. The van der Waals surface area contributed by atoms with Crippen LogP contribution in [-0.2, 0) is 11.2 Å². The Hall–Kier alpha value is -2.17. The van der Waals surface area contributed by atoms with E-state index < -0.39 is 0 Å². The van der Waals surface area contributed by atoms with Crippen molar-refractivity contribution in [2.45, 2.75) is 37.9 Å². The molecule has 2 aliphatic heterocycles. The van der Waals surface area contributed by atoms with Crippen molar-refractivity contribution in [1.82, 2.24) is 10.9 Å². The van der Waals surface area contributed by atoms with Crippen LogP contribution in [0.15, 0.2) is 54.6 Å². The molecule has 23 heavy (non-hydrogen) atoms. The number of rotatable bonds is 2. The molecule has 4 heteroatoms. The second-order valence-corrected chi connectivity index (χ2v) is 6.43. The minimum atomic E-state index is -0.186. The van der Waals surface area contributed by atoms with Crippen LogP contribution in [0.1, 0.15) is 30.5 Å². The number of para-hydroxylation sites is 1. The van der Waals surface area contributed by atoms with Gasteiger partial charge in [0.2, 0.25) is 5.91 Å². The normalized spacial score (nSPS) is 26.3. The molecule has 4 nitrogen and oxygen atoms in total. The van der Waals surface area contributed by atoms with Crippen LogP contribution < -0.4 is 15.8 Å². The predicted molar refractivity (Wildman–Crippen MR) is 91.0 cm³/mol. The molecule has 3 unspecified atom stereocenters. The number of hydrazine groups is 1. The Bertz CT molecular complexity index is 716. The van der Waals surface area contributed by atoms with Gasteiger partial charge in [-0.05, 0) is 37.0 Å². The van der Waals surface area contributed by atoms with E-state index in [1.54, 1.807) is 0 Å². The van der Waals surface area contributed by atoms with Crippen molar-refractivity contribution >= 4 is 11.6 Å². The lowest BCUT2D eigenvalue weighted by Crippen LogP contribution is -2.47. The molecule has 1 amide bonds. The Morgan fingerprint density at radius 2 is 1.78 bits per heavy atom. The number of hydrogen-bond donors (Lipinski definition) is 2. The van der Waals surface area contributed by atoms with Crippen LogP contribution in [0.5, 0.6) is 0 Å². The Morgan fingerprint density at radius 3 is 2.61 bits per heavy atom. The van der Waals surface area contributed by atoms with Gasteiger partial charge in [-0.25, -0.2) is 10.9 Å². The molecule has 3 atom stereocenters. The van der Waals surface area contributed by atoms with Crippen molar-refractivity contribution in [3.05, 3.63) is 65.7 Å². The number of benzene rings is 2. The molecule has 0 radical (unpaired) electrons. The topological polar surface area (TPSA) is 44.4 Å². The zero-order valence-electron chi connectivity index (χ0n) is 13.2. The van der Waals surface area contributed by atoms with Gasteiger partial charge in [-0.2, -0.15) is 0 Å². The summed E-state index contributed by atoms with van der Waals surface area (Å²) in [5, 5.41) is 0. The molecule has 0 spiro atoms. The maximum atomic E-state index is 13.0. The molecule has 2 aromatic carbocycles. The van der Waals surface area contributed by atoms with E-state index in [0.29, 0.717) is 0 Å². The van der Waals surface area contributed by atoms with Gasteiger partial charge in [-0.15, -0.1) is 0 Å². The maximum absolute atomic E-state index is 13.0. The van der Waals surface area contributed by atoms with Crippen LogP contribution in [-0.4, -0.2) is 18.0 Å². The van der Waals surface area contributed by atoms with Crippen molar-refractivity contribution in [3.63, 3.8) is 0 Å². The highest BCUT2D eigenvalue weighted by atomic mass is 16.2. The van der Waals surface area contributed by atoms with E-state index in [1.807, 2.05) is 41.3 Å². The Kier molecular flexibility index (Phi) is 3.63. The number of hydrogen-bond acceptors (Lipinski definition) is 3. The van der Waals surface area contributed by atoms with E-state index in [-0.39, 0.29) is 24.0 Å². The molecule has 2 N–H and O–H groups in total.